The third kappa shape index (κ3) is 2.36. The molecule has 3 aromatic heterocycles. The summed E-state index contributed by atoms with van der Waals surface area (Å²) in [6.07, 6.45) is 3.41. The van der Waals surface area contributed by atoms with Gasteiger partial charge in [-0.05, 0) is 48.5 Å². The van der Waals surface area contributed by atoms with Crippen LogP contribution < -0.4 is 0 Å². The number of aromatic nitrogens is 3. The number of ketones is 1. The Labute approximate surface area is 137 Å². The van der Waals surface area contributed by atoms with Crippen LogP contribution in [-0.2, 0) is 0 Å². The van der Waals surface area contributed by atoms with E-state index in [4.69, 9.17) is 0 Å². The Morgan fingerprint density at radius 1 is 0.958 bits per heavy atom. The van der Waals surface area contributed by atoms with Crippen molar-refractivity contribution in [2.45, 2.75) is 0 Å². The summed E-state index contributed by atoms with van der Waals surface area (Å²) >= 11 is 0. The Morgan fingerprint density at radius 3 is 2.50 bits per heavy atom. The van der Waals surface area contributed by atoms with Gasteiger partial charge in [0.25, 0.3) is 0 Å². The Morgan fingerprint density at radius 2 is 1.75 bits per heavy atom. The number of rotatable bonds is 3. The first-order chi connectivity index (χ1) is 11.7. The van der Waals surface area contributed by atoms with Crippen molar-refractivity contribution in [3.63, 3.8) is 0 Å². The van der Waals surface area contributed by atoms with E-state index in [1.807, 2.05) is 28.8 Å². The molecule has 0 spiro atoms. The molecule has 0 aliphatic rings. The number of benzene rings is 1. The van der Waals surface area contributed by atoms with E-state index >= 15 is 0 Å². The van der Waals surface area contributed by atoms with Crippen molar-refractivity contribution in [3.05, 3.63) is 90.3 Å². The van der Waals surface area contributed by atoms with Gasteiger partial charge in [-0.2, -0.15) is 0 Å². The largest absolute Gasteiger partial charge is 0.299 e. The van der Waals surface area contributed by atoms with Gasteiger partial charge in [-0.15, -0.1) is 0 Å². The molecule has 0 amide bonds. The predicted octanol–water partition coefficient (Wildman–Crippen LogP) is 3.77. The molecule has 0 aliphatic heterocycles. The highest BCUT2D eigenvalue weighted by Crippen LogP contribution is 2.24. The van der Waals surface area contributed by atoms with E-state index in [1.54, 1.807) is 36.5 Å². The van der Waals surface area contributed by atoms with E-state index in [0.717, 1.165) is 5.56 Å². The molecule has 0 saturated carbocycles. The summed E-state index contributed by atoms with van der Waals surface area (Å²) in [6.45, 7) is 0. The quantitative estimate of drug-likeness (QED) is 0.540. The van der Waals surface area contributed by atoms with Crippen LogP contribution in [0.3, 0.4) is 0 Å². The van der Waals surface area contributed by atoms with Crippen LogP contribution in [0.25, 0.3) is 16.9 Å². The number of nitrogens with zero attached hydrogens (tertiary/aromatic N) is 3. The Hall–Kier alpha value is -3.34. The molecular formula is C19H12FN3O. The van der Waals surface area contributed by atoms with Gasteiger partial charge in [0, 0.05) is 18.0 Å². The minimum absolute atomic E-state index is 0.243. The number of hydrogen-bond donors (Lipinski definition) is 0. The lowest BCUT2D eigenvalue weighted by molar-refractivity contribution is 0.103. The van der Waals surface area contributed by atoms with Gasteiger partial charge < -0.3 is 0 Å². The maximum absolute atomic E-state index is 13.2. The van der Waals surface area contributed by atoms with Crippen LogP contribution in [-0.4, -0.2) is 20.2 Å². The molecular weight excluding hydrogens is 305 g/mol. The normalized spacial score (nSPS) is 10.9. The molecule has 4 nitrogen and oxygen atoms in total. The topological polar surface area (TPSA) is 47.3 Å². The van der Waals surface area contributed by atoms with Crippen LogP contribution in [0, 0.1) is 5.82 Å². The van der Waals surface area contributed by atoms with E-state index in [2.05, 4.69) is 9.97 Å². The summed E-state index contributed by atoms with van der Waals surface area (Å²) in [5, 5.41) is 0. The van der Waals surface area contributed by atoms with Crippen molar-refractivity contribution in [3.8, 4) is 11.4 Å². The highest BCUT2D eigenvalue weighted by molar-refractivity contribution is 6.11. The number of carbonyl (C=O) groups excluding carboxylic acids is 1. The summed E-state index contributed by atoms with van der Waals surface area (Å²) < 4.78 is 15.0. The molecule has 0 saturated heterocycles. The summed E-state index contributed by atoms with van der Waals surface area (Å²) in [5.41, 5.74) is 2.09. The minimum atomic E-state index is -0.315. The fourth-order valence-electron chi connectivity index (χ4n) is 2.63. The fourth-order valence-corrected chi connectivity index (χ4v) is 2.63. The monoisotopic (exact) mass is 317 g/mol. The van der Waals surface area contributed by atoms with Gasteiger partial charge in [0.05, 0.1) is 5.52 Å². The van der Waals surface area contributed by atoms with Gasteiger partial charge in [-0.3, -0.25) is 14.2 Å². The van der Waals surface area contributed by atoms with Crippen LogP contribution >= 0.6 is 0 Å². The number of pyridine rings is 2. The third-order valence-corrected chi connectivity index (χ3v) is 3.76. The average Bonchev–Trinajstić information content (AvgIpc) is 3.02. The van der Waals surface area contributed by atoms with Crippen LogP contribution in [0.1, 0.15) is 16.2 Å². The van der Waals surface area contributed by atoms with Crippen LogP contribution in [0.2, 0.25) is 0 Å². The lowest BCUT2D eigenvalue weighted by Crippen LogP contribution is -2.04. The van der Waals surface area contributed by atoms with Gasteiger partial charge in [0.2, 0.25) is 5.78 Å². The van der Waals surface area contributed by atoms with Gasteiger partial charge in [-0.1, -0.05) is 12.1 Å². The van der Waals surface area contributed by atoms with Crippen LogP contribution in [0.4, 0.5) is 4.39 Å². The second-order valence-electron chi connectivity index (χ2n) is 5.29. The standard InChI is InChI=1S/C19H12FN3O/c20-14-9-7-13(8-10-14)19-22-17(16-6-2-4-12-23(16)19)18(24)15-5-1-3-11-21-15/h1-12H. The minimum Gasteiger partial charge on any atom is -0.299 e. The van der Waals surface area contributed by atoms with Crippen molar-refractivity contribution in [1.29, 1.82) is 0 Å². The molecule has 0 unspecified atom stereocenters. The first-order valence-corrected chi connectivity index (χ1v) is 7.43. The zero-order chi connectivity index (χ0) is 16.5. The van der Waals surface area contributed by atoms with Crippen molar-refractivity contribution in [1.82, 2.24) is 14.4 Å². The second-order valence-corrected chi connectivity index (χ2v) is 5.29. The zero-order valence-electron chi connectivity index (χ0n) is 12.6. The molecule has 0 bridgehead atoms. The number of fused-ring (bicyclic) bond motifs is 1. The van der Waals surface area contributed by atoms with Crippen molar-refractivity contribution in [2.24, 2.45) is 0 Å². The Kier molecular flexibility index (Phi) is 3.39. The molecule has 1 aromatic carbocycles. The lowest BCUT2D eigenvalue weighted by Gasteiger charge is -2.00. The molecule has 116 valence electrons. The first kappa shape index (κ1) is 14.3. The number of halogens is 1. The highest BCUT2D eigenvalue weighted by atomic mass is 19.1. The molecule has 0 aliphatic carbocycles. The molecule has 4 aromatic rings. The molecule has 24 heavy (non-hydrogen) atoms. The molecule has 5 heteroatoms. The van der Waals surface area contributed by atoms with Crippen LogP contribution in [0.5, 0.6) is 0 Å². The summed E-state index contributed by atoms with van der Waals surface area (Å²) in [4.78, 5) is 21.4. The molecule has 0 atom stereocenters. The molecule has 4 rings (SSSR count). The van der Waals surface area contributed by atoms with Gasteiger partial charge >= 0.3 is 0 Å². The fraction of sp³-hybridized carbons (Fsp3) is 0. The highest BCUT2D eigenvalue weighted by Gasteiger charge is 2.20. The van der Waals surface area contributed by atoms with E-state index in [1.165, 1.54) is 12.1 Å². The van der Waals surface area contributed by atoms with Gasteiger partial charge in [0.15, 0.2) is 0 Å². The van der Waals surface area contributed by atoms with E-state index in [9.17, 15) is 9.18 Å². The van der Waals surface area contributed by atoms with Gasteiger partial charge in [0.1, 0.15) is 23.0 Å². The lowest BCUT2D eigenvalue weighted by atomic mass is 10.2. The second kappa shape index (κ2) is 5.70. The maximum atomic E-state index is 13.2. The summed E-state index contributed by atoms with van der Waals surface area (Å²) in [5.74, 6) is 0.0296. The Balaban J connectivity index is 1.92. The molecule has 0 N–H and O–H groups in total. The van der Waals surface area contributed by atoms with Crippen molar-refractivity contribution >= 4 is 11.3 Å². The Bertz CT molecular complexity index is 1020. The first-order valence-electron chi connectivity index (χ1n) is 7.43. The average molecular weight is 317 g/mol. The maximum Gasteiger partial charge on any atom is 0.231 e. The van der Waals surface area contributed by atoms with Crippen LogP contribution in [0.15, 0.2) is 73.1 Å². The molecule has 3 heterocycles. The summed E-state index contributed by atoms with van der Waals surface area (Å²) in [6, 6.07) is 16.8. The predicted molar refractivity (Wildman–Crippen MR) is 88.3 cm³/mol. The number of imidazole rings is 1. The van der Waals surface area contributed by atoms with E-state index < -0.39 is 0 Å². The SMILES string of the molecule is O=C(c1ccccn1)c1nc(-c2ccc(F)cc2)n2ccccc12. The van der Waals surface area contributed by atoms with Crippen molar-refractivity contribution in [2.75, 3.05) is 0 Å². The third-order valence-electron chi connectivity index (χ3n) is 3.76. The number of carbonyl (C=O) groups is 1. The molecule has 0 radical (unpaired) electrons. The summed E-state index contributed by atoms with van der Waals surface area (Å²) in [7, 11) is 0. The smallest absolute Gasteiger partial charge is 0.231 e. The van der Waals surface area contributed by atoms with Gasteiger partial charge in [-0.25, -0.2) is 9.37 Å². The van der Waals surface area contributed by atoms with Crippen molar-refractivity contribution < 1.29 is 9.18 Å². The molecule has 0 fully saturated rings. The zero-order valence-corrected chi connectivity index (χ0v) is 12.6. The van der Waals surface area contributed by atoms with E-state index in [0.29, 0.717) is 22.7 Å². The van der Waals surface area contributed by atoms with E-state index in [-0.39, 0.29) is 11.6 Å². The number of hydrogen-bond acceptors (Lipinski definition) is 3.